The molecule has 1 aromatic carbocycles. The van der Waals surface area contributed by atoms with Crippen molar-refractivity contribution < 1.29 is 4.79 Å². The number of carbonyl (C=O) groups is 1. The van der Waals surface area contributed by atoms with E-state index < -0.39 is 5.41 Å². The normalized spacial score (nSPS) is 22.9. The second-order valence-electron chi connectivity index (χ2n) is 5.35. The van der Waals surface area contributed by atoms with Gasteiger partial charge in [0.15, 0.2) is 0 Å². The molecule has 0 bridgehead atoms. The molecule has 0 saturated carbocycles. The topological polar surface area (TPSA) is 66.9 Å². The molecule has 0 aliphatic carbocycles. The molecule has 2 N–H and O–H groups in total. The predicted octanol–water partition coefficient (Wildman–Crippen LogP) is 2.67. The van der Waals surface area contributed by atoms with Crippen LogP contribution >= 0.6 is 23.3 Å². The molecular formula is C13H15ClN4OS. The lowest BCUT2D eigenvalue weighted by molar-refractivity contribution is -0.125. The number of hydrogen-bond acceptors (Lipinski definition) is 5. The number of hydrogen-bond donors (Lipinski definition) is 2. The second kappa shape index (κ2) is 5.27. The average Bonchev–Trinajstić information content (AvgIpc) is 2.91. The van der Waals surface area contributed by atoms with Gasteiger partial charge in [0.2, 0.25) is 5.91 Å². The van der Waals surface area contributed by atoms with Crippen LogP contribution in [0.3, 0.4) is 0 Å². The number of nitrogens with zero attached hydrogens (tertiary/aromatic N) is 2. The van der Waals surface area contributed by atoms with Crippen LogP contribution in [-0.4, -0.2) is 27.7 Å². The quantitative estimate of drug-likeness (QED) is 0.895. The van der Waals surface area contributed by atoms with E-state index in [2.05, 4.69) is 19.4 Å². The molecule has 1 amide bonds. The van der Waals surface area contributed by atoms with E-state index >= 15 is 0 Å². The molecule has 3 rings (SSSR count). The Labute approximate surface area is 126 Å². The van der Waals surface area contributed by atoms with Gasteiger partial charge in [-0.3, -0.25) is 4.79 Å². The summed E-state index contributed by atoms with van der Waals surface area (Å²) in [5.74, 6) is -0.0212. The maximum absolute atomic E-state index is 12.6. The Hall–Kier alpha value is -1.24. The molecule has 106 valence electrons. The Morgan fingerprint density at radius 2 is 2.35 bits per heavy atom. The van der Waals surface area contributed by atoms with E-state index in [4.69, 9.17) is 11.6 Å². The molecule has 1 atom stereocenters. The van der Waals surface area contributed by atoms with Gasteiger partial charge in [-0.2, -0.15) is 8.75 Å². The zero-order valence-corrected chi connectivity index (χ0v) is 12.6. The van der Waals surface area contributed by atoms with Gasteiger partial charge in [0.1, 0.15) is 11.0 Å². The number of piperidine rings is 1. The van der Waals surface area contributed by atoms with Gasteiger partial charge < -0.3 is 10.6 Å². The van der Waals surface area contributed by atoms with Crippen molar-refractivity contribution in [3.05, 3.63) is 17.2 Å². The lowest BCUT2D eigenvalue weighted by Gasteiger charge is -2.32. The second-order valence-corrected chi connectivity index (χ2v) is 6.29. The Balaban J connectivity index is 1.91. The Kier molecular flexibility index (Phi) is 3.62. The summed E-state index contributed by atoms with van der Waals surface area (Å²) in [6.45, 7) is 3.62. The minimum atomic E-state index is -0.410. The highest BCUT2D eigenvalue weighted by Gasteiger charge is 2.35. The summed E-state index contributed by atoms with van der Waals surface area (Å²) in [5.41, 5.74) is 1.56. The van der Waals surface area contributed by atoms with Crippen LogP contribution in [0.4, 0.5) is 5.69 Å². The van der Waals surface area contributed by atoms with Gasteiger partial charge in [0.05, 0.1) is 27.9 Å². The van der Waals surface area contributed by atoms with Crippen molar-refractivity contribution in [3.63, 3.8) is 0 Å². The Morgan fingerprint density at radius 1 is 1.50 bits per heavy atom. The van der Waals surface area contributed by atoms with Gasteiger partial charge >= 0.3 is 0 Å². The van der Waals surface area contributed by atoms with Gasteiger partial charge in [-0.1, -0.05) is 11.6 Å². The van der Waals surface area contributed by atoms with Crippen molar-refractivity contribution in [1.29, 1.82) is 0 Å². The van der Waals surface area contributed by atoms with E-state index in [9.17, 15) is 4.79 Å². The van der Waals surface area contributed by atoms with Crippen molar-refractivity contribution in [3.8, 4) is 0 Å². The Bertz CT molecular complexity index is 651. The summed E-state index contributed by atoms with van der Waals surface area (Å²) in [5, 5.41) is 6.70. The standard InChI is InChI=1S/C13H15ClN4OS/c1-13(5-2-6-15-7-13)12(19)16-10-8(14)3-4-9-11(10)18-20-17-9/h3-4,15H,2,5-7H2,1H3,(H,16,19). The Morgan fingerprint density at radius 3 is 3.10 bits per heavy atom. The third-order valence-electron chi connectivity index (χ3n) is 3.76. The number of nitrogens with one attached hydrogen (secondary N) is 2. The molecular weight excluding hydrogens is 296 g/mol. The molecule has 1 unspecified atom stereocenters. The van der Waals surface area contributed by atoms with E-state index in [0.717, 1.165) is 36.6 Å². The number of aromatic nitrogens is 2. The highest BCUT2D eigenvalue weighted by Crippen LogP contribution is 2.33. The molecule has 0 radical (unpaired) electrons. The monoisotopic (exact) mass is 310 g/mol. The van der Waals surface area contributed by atoms with E-state index in [1.165, 1.54) is 0 Å². The van der Waals surface area contributed by atoms with E-state index in [1.807, 2.05) is 6.92 Å². The van der Waals surface area contributed by atoms with Gasteiger partial charge in [-0.25, -0.2) is 0 Å². The minimum Gasteiger partial charge on any atom is -0.322 e. The first-order valence-corrected chi connectivity index (χ1v) is 7.64. The number of anilines is 1. The van der Waals surface area contributed by atoms with E-state index in [0.29, 0.717) is 22.8 Å². The fraction of sp³-hybridized carbons (Fsp3) is 0.462. The lowest BCUT2D eigenvalue weighted by atomic mass is 9.82. The molecule has 1 fully saturated rings. The maximum atomic E-state index is 12.6. The van der Waals surface area contributed by atoms with E-state index in [-0.39, 0.29) is 5.91 Å². The summed E-state index contributed by atoms with van der Waals surface area (Å²) in [4.78, 5) is 12.6. The molecule has 7 heteroatoms. The SMILES string of the molecule is CC1(C(=O)Nc2c(Cl)ccc3nsnc23)CCCNC1. The molecule has 2 aromatic rings. The molecule has 0 spiro atoms. The number of fused-ring (bicyclic) bond motifs is 1. The zero-order valence-electron chi connectivity index (χ0n) is 11.1. The van der Waals surface area contributed by atoms with Crippen LogP contribution in [0.15, 0.2) is 12.1 Å². The van der Waals surface area contributed by atoms with Crippen molar-refractivity contribution in [2.45, 2.75) is 19.8 Å². The fourth-order valence-electron chi connectivity index (χ4n) is 2.46. The van der Waals surface area contributed by atoms with Crippen molar-refractivity contribution in [1.82, 2.24) is 14.1 Å². The summed E-state index contributed by atoms with van der Waals surface area (Å²) >= 11 is 7.31. The molecule has 1 aliphatic rings. The molecule has 1 saturated heterocycles. The lowest BCUT2D eigenvalue weighted by Crippen LogP contribution is -2.46. The summed E-state index contributed by atoms with van der Waals surface area (Å²) < 4.78 is 8.38. The zero-order chi connectivity index (χ0) is 14.2. The number of rotatable bonds is 2. The van der Waals surface area contributed by atoms with Gasteiger partial charge in [-0.15, -0.1) is 0 Å². The first-order valence-electron chi connectivity index (χ1n) is 6.53. The third kappa shape index (κ3) is 2.39. The van der Waals surface area contributed by atoms with Crippen LogP contribution < -0.4 is 10.6 Å². The molecule has 1 aromatic heterocycles. The van der Waals surface area contributed by atoms with Crippen LogP contribution in [0.25, 0.3) is 11.0 Å². The largest absolute Gasteiger partial charge is 0.322 e. The highest BCUT2D eigenvalue weighted by molar-refractivity contribution is 7.00. The van der Waals surface area contributed by atoms with Crippen LogP contribution in [0.2, 0.25) is 5.02 Å². The van der Waals surface area contributed by atoms with Crippen molar-refractivity contribution in [2.75, 3.05) is 18.4 Å². The number of benzene rings is 1. The van der Waals surface area contributed by atoms with Crippen LogP contribution in [0.1, 0.15) is 19.8 Å². The predicted molar refractivity (Wildman–Crippen MR) is 81.3 cm³/mol. The average molecular weight is 311 g/mol. The molecule has 20 heavy (non-hydrogen) atoms. The van der Waals surface area contributed by atoms with Crippen LogP contribution in [0, 0.1) is 5.41 Å². The highest BCUT2D eigenvalue weighted by atomic mass is 35.5. The van der Waals surface area contributed by atoms with Gasteiger partial charge in [-0.05, 0) is 38.4 Å². The van der Waals surface area contributed by atoms with Gasteiger partial charge in [0, 0.05) is 6.54 Å². The number of amides is 1. The van der Waals surface area contributed by atoms with Crippen molar-refractivity contribution >= 4 is 46.0 Å². The third-order valence-corrected chi connectivity index (χ3v) is 4.62. The van der Waals surface area contributed by atoms with Crippen molar-refractivity contribution in [2.24, 2.45) is 5.41 Å². The summed E-state index contributed by atoms with van der Waals surface area (Å²) in [6, 6.07) is 3.54. The number of carbonyl (C=O) groups excluding carboxylic acids is 1. The molecule has 1 aliphatic heterocycles. The summed E-state index contributed by atoms with van der Waals surface area (Å²) in [7, 11) is 0. The molecule has 5 nitrogen and oxygen atoms in total. The van der Waals surface area contributed by atoms with Crippen LogP contribution in [-0.2, 0) is 4.79 Å². The van der Waals surface area contributed by atoms with Gasteiger partial charge in [0.25, 0.3) is 0 Å². The van der Waals surface area contributed by atoms with Crippen LogP contribution in [0.5, 0.6) is 0 Å². The minimum absolute atomic E-state index is 0.0212. The smallest absolute Gasteiger partial charge is 0.231 e. The maximum Gasteiger partial charge on any atom is 0.231 e. The molecule has 2 heterocycles. The fourth-order valence-corrected chi connectivity index (χ4v) is 3.20. The van der Waals surface area contributed by atoms with E-state index in [1.54, 1.807) is 12.1 Å². The summed E-state index contributed by atoms with van der Waals surface area (Å²) in [6.07, 6.45) is 1.87. The first kappa shape index (κ1) is 13.7. The first-order chi connectivity index (χ1) is 9.60. The number of halogens is 1.